The van der Waals surface area contributed by atoms with Gasteiger partial charge in [-0.1, -0.05) is 184 Å². The summed E-state index contributed by atoms with van der Waals surface area (Å²) in [6.45, 7) is 4.74. The predicted octanol–water partition coefficient (Wildman–Crippen LogP) is 16.0. The fraction of sp³-hybridized carbons (Fsp3) is 0.0526. The molecule has 0 amide bonds. The van der Waals surface area contributed by atoms with Gasteiger partial charge in [-0.05, 0) is 104 Å². The lowest BCUT2D eigenvalue weighted by molar-refractivity contribution is 0.662. The Labute approximate surface area is 345 Å². The van der Waals surface area contributed by atoms with Crippen LogP contribution in [0.15, 0.2) is 217 Å². The molecule has 2 heteroatoms. The number of hydrogen-bond acceptors (Lipinski definition) is 2. The van der Waals surface area contributed by atoms with E-state index in [1.54, 1.807) is 0 Å². The van der Waals surface area contributed by atoms with E-state index in [0.29, 0.717) is 0 Å². The van der Waals surface area contributed by atoms with Gasteiger partial charge in [0.2, 0.25) is 0 Å². The van der Waals surface area contributed by atoms with Crippen molar-refractivity contribution in [2.24, 2.45) is 0 Å². The van der Waals surface area contributed by atoms with Crippen molar-refractivity contribution >= 4 is 39.0 Å². The van der Waals surface area contributed by atoms with Crippen LogP contribution in [0.3, 0.4) is 0 Å². The van der Waals surface area contributed by atoms with Gasteiger partial charge in [-0.25, -0.2) is 0 Å². The maximum atomic E-state index is 6.38. The van der Waals surface area contributed by atoms with Gasteiger partial charge in [0.05, 0.1) is 5.69 Å². The van der Waals surface area contributed by atoms with E-state index in [9.17, 15) is 0 Å². The highest BCUT2D eigenvalue weighted by Gasteiger charge is 2.37. The Kier molecular flexibility index (Phi) is 8.20. The standard InChI is InChI=1S/C57H41NO/c1-57(2)51-31-13-11-25-46(51)49-30-16-29-45(56(49)57)40-22-15-23-41(36-40)58(42-34-35-54-50(37-42)47-26-12-14-33-53(47)59-54)52-32-17-28-44(39-20-7-4-8-21-39)55(52)48-27-10-9-24-43(48)38-18-5-3-6-19-38/h3-37H,1-2H3. The van der Waals surface area contributed by atoms with E-state index in [1.807, 2.05) is 6.07 Å². The number of nitrogens with zero attached hydrogens (tertiary/aromatic N) is 1. The molecule has 59 heavy (non-hydrogen) atoms. The Morgan fingerprint density at radius 2 is 0.932 bits per heavy atom. The quantitative estimate of drug-likeness (QED) is 0.161. The first-order chi connectivity index (χ1) is 29.0. The van der Waals surface area contributed by atoms with E-state index < -0.39 is 0 Å². The molecule has 0 unspecified atom stereocenters. The zero-order chi connectivity index (χ0) is 39.5. The summed E-state index contributed by atoms with van der Waals surface area (Å²) in [5, 5.41) is 2.19. The van der Waals surface area contributed by atoms with Gasteiger partial charge in [0.15, 0.2) is 0 Å². The Bertz CT molecular complexity index is 3190. The van der Waals surface area contributed by atoms with E-state index in [-0.39, 0.29) is 5.41 Å². The second-order valence-corrected chi connectivity index (χ2v) is 16.0. The number of fused-ring (bicyclic) bond motifs is 6. The Morgan fingerprint density at radius 1 is 0.373 bits per heavy atom. The number of anilines is 3. The molecule has 0 aliphatic heterocycles. The first kappa shape index (κ1) is 34.8. The highest BCUT2D eigenvalue weighted by molar-refractivity contribution is 6.08. The van der Waals surface area contributed by atoms with Crippen LogP contribution in [0.1, 0.15) is 25.0 Å². The average molecular weight is 756 g/mol. The molecule has 0 saturated carbocycles. The molecule has 1 heterocycles. The van der Waals surface area contributed by atoms with Crippen LogP contribution in [0, 0.1) is 0 Å². The van der Waals surface area contributed by atoms with Gasteiger partial charge >= 0.3 is 0 Å². The fourth-order valence-electron chi connectivity index (χ4n) is 9.62. The number of hydrogen-bond donors (Lipinski definition) is 0. The monoisotopic (exact) mass is 755 g/mol. The smallest absolute Gasteiger partial charge is 0.135 e. The van der Waals surface area contributed by atoms with E-state index in [2.05, 4.69) is 225 Å². The van der Waals surface area contributed by atoms with Crippen molar-refractivity contribution < 1.29 is 4.42 Å². The second-order valence-electron chi connectivity index (χ2n) is 16.0. The summed E-state index contributed by atoms with van der Waals surface area (Å²) in [4.78, 5) is 2.46. The molecule has 0 N–H and O–H groups in total. The summed E-state index contributed by atoms with van der Waals surface area (Å²) in [6, 6.07) is 77.0. The molecule has 1 aromatic heterocycles. The zero-order valence-electron chi connectivity index (χ0n) is 33.1. The number of furan rings is 1. The van der Waals surface area contributed by atoms with Gasteiger partial charge in [0, 0.05) is 33.1 Å². The molecular formula is C57H41NO. The predicted molar refractivity (Wildman–Crippen MR) is 248 cm³/mol. The Hall–Kier alpha value is -7.42. The molecule has 9 aromatic carbocycles. The van der Waals surface area contributed by atoms with E-state index in [1.165, 1.54) is 61.2 Å². The average Bonchev–Trinajstić information content (AvgIpc) is 3.78. The molecule has 1 aliphatic rings. The minimum Gasteiger partial charge on any atom is -0.456 e. The van der Waals surface area contributed by atoms with E-state index in [4.69, 9.17) is 4.42 Å². The number of rotatable bonds is 7. The van der Waals surface area contributed by atoms with Crippen LogP contribution in [0.5, 0.6) is 0 Å². The lowest BCUT2D eigenvalue weighted by Crippen LogP contribution is -2.16. The van der Waals surface area contributed by atoms with Crippen LogP contribution in [0.2, 0.25) is 0 Å². The number of benzene rings is 9. The van der Waals surface area contributed by atoms with Gasteiger partial charge in [0.25, 0.3) is 0 Å². The van der Waals surface area contributed by atoms with Crippen molar-refractivity contribution in [1.82, 2.24) is 0 Å². The van der Waals surface area contributed by atoms with Crippen molar-refractivity contribution in [3.63, 3.8) is 0 Å². The van der Waals surface area contributed by atoms with Crippen molar-refractivity contribution in [2.75, 3.05) is 4.90 Å². The minimum absolute atomic E-state index is 0.149. The zero-order valence-corrected chi connectivity index (χ0v) is 33.1. The van der Waals surface area contributed by atoms with Crippen LogP contribution in [-0.2, 0) is 5.41 Å². The molecule has 11 rings (SSSR count). The summed E-state index contributed by atoms with van der Waals surface area (Å²) in [5.41, 5.74) is 19.7. The minimum atomic E-state index is -0.149. The van der Waals surface area contributed by atoms with Gasteiger partial charge < -0.3 is 9.32 Å². The molecule has 10 aromatic rings. The van der Waals surface area contributed by atoms with Crippen molar-refractivity contribution in [2.45, 2.75) is 19.3 Å². The van der Waals surface area contributed by atoms with Crippen LogP contribution < -0.4 is 4.90 Å². The highest BCUT2D eigenvalue weighted by atomic mass is 16.3. The molecule has 2 nitrogen and oxygen atoms in total. The maximum absolute atomic E-state index is 6.38. The van der Waals surface area contributed by atoms with Gasteiger partial charge in [-0.2, -0.15) is 0 Å². The molecular weight excluding hydrogens is 715 g/mol. The van der Waals surface area contributed by atoms with Crippen LogP contribution >= 0.6 is 0 Å². The summed E-state index contributed by atoms with van der Waals surface area (Å²) in [7, 11) is 0. The van der Waals surface area contributed by atoms with Crippen LogP contribution in [-0.4, -0.2) is 0 Å². The van der Waals surface area contributed by atoms with Crippen molar-refractivity contribution in [3.8, 4) is 55.6 Å². The lowest BCUT2D eigenvalue weighted by Gasteiger charge is -2.30. The fourth-order valence-corrected chi connectivity index (χ4v) is 9.62. The molecule has 0 spiro atoms. The first-order valence-corrected chi connectivity index (χ1v) is 20.4. The first-order valence-electron chi connectivity index (χ1n) is 20.4. The molecule has 0 fully saturated rings. The van der Waals surface area contributed by atoms with Gasteiger partial charge in [-0.3, -0.25) is 0 Å². The topological polar surface area (TPSA) is 16.4 Å². The Balaban J connectivity index is 1.19. The summed E-state index contributed by atoms with van der Waals surface area (Å²) >= 11 is 0. The van der Waals surface area contributed by atoms with Gasteiger partial charge in [-0.15, -0.1) is 0 Å². The third-order valence-corrected chi connectivity index (χ3v) is 12.3. The molecule has 0 radical (unpaired) electrons. The molecule has 0 bridgehead atoms. The molecule has 1 aliphatic carbocycles. The largest absolute Gasteiger partial charge is 0.456 e. The third-order valence-electron chi connectivity index (χ3n) is 12.3. The summed E-state index contributed by atoms with van der Waals surface area (Å²) < 4.78 is 6.38. The molecule has 0 saturated heterocycles. The van der Waals surface area contributed by atoms with Crippen LogP contribution in [0.25, 0.3) is 77.6 Å². The van der Waals surface area contributed by atoms with Crippen LogP contribution in [0.4, 0.5) is 17.1 Å². The second kappa shape index (κ2) is 13.9. The van der Waals surface area contributed by atoms with E-state index in [0.717, 1.165) is 44.6 Å². The number of para-hydroxylation sites is 1. The van der Waals surface area contributed by atoms with E-state index >= 15 is 0 Å². The van der Waals surface area contributed by atoms with Gasteiger partial charge in [0.1, 0.15) is 11.2 Å². The molecule has 280 valence electrons. The lowest BCUT2D eigenvalue weighted by atomic mass is 9.79. The molecule has 0 atom stereocenters. The van der Waals surface area contributed by atoms with Crippen molar-refractivity contribution in [3.05, 3.63) is 223 Å². The maximum Gasteiger partial charge on any atom is 0.135 e. The SMILES string of the molecule is CC1(C)c2ccccc2-c2cccc(-c3cccc(N(c4ccc5oc6ccccc6c5c4)c4cccc(-c5ccccc5)c4-c4ccccc4-c4ccccc4)c3)c21. The summed E-state index contributed by atoms with van der Waals surface area (Å²) in [6.07, 6.45) is 0. The third kappa shape index (κ3) is 5.71. The Morgan fingerprint density at radius 3 is 1.75 bits per heavy atom. The normalized spacial score (nSPS) is 12.7. The van der Waals surface area contributed by atoms with Crippen molar-refractivity contribution in [1.29, 1.82) is 0 Å². The highest BCUT2D eigenvalue weighted by Crippen LogP contribution is 2.53. The summed E-state index contributed by atoms with van der Waals surface area (Å²) in [5.74, 6) is 0.